The Morgan fingerprint density at radius 2 is 1.01 bits per heavy atom. The molecule has 9 aromatic rings. The molecular weight excluding hydrogens is 867 g/mol. The van der Waals surface area contributed by atoms with Crippen LogP contribution < -0.4 is 4.90 Å². The quantitative estimate of drug-likeness (QED) is 0.130. The van der Waals surface area contributed by atoms with Crippen LogP contribution in [-0.4, -0.2) is 0 Å². The molecule has 14 rings (SSSR count). The molecule has 0 saturated heterocycles. The number of hydrogen-bond donors (Lipinski definition) is 0. The maximum absolute atomic E-state index is 2.54. The van der Waals surface area contributed by atoms with Crippen LogP contribution in [0.3, 0.4) is 0 Å². The van der Waals surface area contributed by atoms with Crippen LogP contribution in [0.2, 0.25) is 0 Å². The SMILES string of the molecule is CCC1(CC)c2cc(/C=C/c3cccc4c3C3=C(CCC=C3)C4(c3ccccc3)c3ccccc3)ccc2-c2ccc(N(c3ccccc3)c3ccc4c(c3)C3(Cc5ccccc5C3)c3ccccc3-4)cc21. The van der Waals surface area contributed by atoms with Crippen molar-refractivity contribution in [2.45, 2.75) is 68.6 Å². The molecule has 1 spiro atoms. The van der Waals surface area contributed by atoms with Crippen molar-refractivity contribution < 1.29 is 0 Å². The van der Waals surface area contributed by atoms with Gasteiger partial charge in [-0.05, 0) is 175 Å². The van der Waals surface area contributed by atoms with E-state index in [1.54, 1.807) is 0 Å². The average Bonchev–Trinajstić information content (AvgIpc) is 4.15. The van der Waals surface area contributed by atoms with Gasteiger partial charge in [0.2, 0.25) is 0 Å². The molecule has 5 aliphatic carbocycles. The Kier molecular flexibility index (Phi) is 9.84. The standard InChI is InChI=1S/C71H57N/c1-3-69(4-2)65-43-48(35-37-49-23-20-34-64-68(49)61-31-17-19-33-63(61)71(64,52-24-8-5-9-25-52)53-26-10-6-11-27-53)36-40-58(65)60-42-39-55(44-66(60)69)72(54-28-12-7-13-29-54)56-38-41-59-57-30-16-18-32-62(57)70(67(59)45-56)46-50-21-14-15-22-51(50)47-70/h5-18,20-32,34-45H,3-4,19,33,46-47H2,1-2H3/b37-35+. The highest BCUT2D eigenvalue weighted by Gasteiger charge is 2.49. The van der Waals surface area contributed by atoms with Gasteiger partial charge in [-0.1, -0.05) is 214 Å². The van der Waals surface area contributed by atoms with Gasteiger partial charge in [-0.15, -0.1) is 0 Å². The van der Waals surface area contributed by atoms with Crippen molar-refractivity contribution in [2.24, 2.45) is 0 Å². The Morgan fingerprint density at radius 3 is 1.69 bits per heavy atom. The third-order valence-electron chi connectivity index (χ3n) is 17.7. The fraction of sp³-hybridized carbons (Fsp3) is 0.155. The molecule has 0 aromatic heterocycles. The second-order valence-electron chi connectivity index (χ2n) is 20.9. The van der Waals surface area contributed by atoms with Crippen molar-refractivity contribution in [1.82, 2.24) is 0 Å². The zero-order chi connectivity index (χ0) is 48.0. The van der Waals surface area contributed by atoms with E-state index in [2.05, 4.69) is 255 Å². The topological polar surface area (TPSA) is 3.24 Å². The van der Waals surface area contributed by atoms with Crippen LogP contribution in [0.4, 0.5) is 17.1 Å². The van der Waals surface area contributed by atoms with Crippen molar-refractivity contribution in [3.63, 3.8) is 0 Å². The lowest BCUT2D eigenvalue weighted by Gasteiger charge is -2.36. The zero-order valence-electron chi connectivity index (χ0n) is 41.2. The van der Waals surface area contributed by atoms with Gasteiger partial charge in [0.25, 0.3) is 0 Å². The molecule has 0 aliphatic heterocycles. The molecule has 0 bridgehead atoms. The maximum atomic E-state index is 2.54. The highest BCUT2D eigenvalue weighted by molar-refractivity contribution is 5.96. The number of nitrogens with zero attached hydrogens (tertiary/aromatic N) is 1. The van der Waals surface area contributed by atoms with Gasteiger partial charge in [-0.2, -0.15) is 0 Å². The Labute approximate surface area is 425 Å². The Bertz CT molecular complexity index is 3650. The molecule has 1 heteroatoms. The predicted octanol–water partition coefficient (Wildman–Crippen LogP) is 17.9. The predicted molar refractivity (Wildman–Crippen MR) is 301 cm³/mol. The van der Waals surface area contributed by atoms with Gasteiger partial charge < -0.3 is 4.90 Å². The summed E-state index contributed by atoms with van der Waals surface area (Å²) in [7, 11) is 0. The Balaban J connectivity index is 0.855. The summed E-state index contributed by atoms with van der Waals surface area (Å²) >= 11 is 0. The zero-order valence-corrected chi connectivity index (χ0v) is 41.2. The van der Waals surface area contributed by atoms with Gasteiger partial charge in [0.1, 0.15) is 0 Å². The summed E-state index contributed by atoms with van der Waals surface area (Å²) in [6, 6.07) is 80.7. The first kappa shape index (κ1) is 42.8. The number of anilines is 3. The molecule has 0 saturated carbocycles. The van der Waals surface area contributed by atoms with E-state index in [4.69, 9.17) is 0 Å². The highest BCUT2D eigenvalue weighted by atomic mass is 15.1. The van der Waals surface area contributed by atoms with Crippen LogP contribution in [0.1, 0.15) is 106 Å². The monoisotopic (exact) mass is 923 g/mol. The lowest BCUT2D eigenvalue weighted by atomic mass is 9.65. The molecule has 0 amide bonds. The fourth-order valence-corrected chi connectivity index (χ4v) is 14.5. The number of hydrogen-bond acceptors (Lipinski definition) is 1. The van der Waals surface area contributed by atoms with Crippen molar-refractivity contribution in [2.75, 3.05) is 4.90 Å². The summed E-state index contributed by atoms with van der Waals surface area (Å²) < 4.78 is 0. The van der Waals surface area contributed by atoms with Gasteiger partial charge in [-0.3, -0.25) is 0 Å². The molecule has 72 heavy (non-hydrogen) atoms. The number of fused-ring (bicyclic) bond motifs is 11. The Hall–Kier alpha value is -8.00. The van der Waals surface area contributed by atoms with E-state index in [1.165, 1.54) is 117 Å². The summed E-state index contributed by atoms with van der Waals surface area (Å²) in [5.74, 6) is 0. The number of para-hydroxylation sites is 1. The third kappa shape index (κ3) is 6.07. The van der Waals surface area contributed by atoms with Crippen LogP contribution in [0.15, 0.2) is 230 Å². The molecule has 346 valence electrons. The molecule has 5 aliphatic rings. The smallest absolute Gasteiger partial charge is 0.0676 e. The molecule has 0 N–H and O–H groups in total. The number of rotatable bonds is 9. The van der Waals surface area contributed by atoms with Crippen molar-refractivity contribution >= 4 is 34.8 Å². The van der Waals surface area contributed by atoms with Crippen molar-refractivity contribution in [3.05, 3.63) is 297 Å². The third-order valence-corrected chi connectivity index (χ3v) is 17.7. The van der Waals surface area contributed by atoms with E-state index in [1.807, 2.05) is 0 Å². The Morgan fingerprint density at radius 1 is 0.458 bits per heavy atom. The first-order valence-corrected chi connectivity index (χ1v) is 26.3. The van der Waals surface area contributed by atoms with Gasteiger partial charge in [0, 0.05) is 27.9 Å². The van der Waals surface area contributed by atoms with E-state index in [0.29, 0.717) is 0 Å². The minimum atomic E-state index is -0.338. The number of benzene rings is 9. The molecule has 0 fully saturated rings. The normalized spacial score (nSPS) is 16.5. The molecule has 9 aromatic carbocycles. The first-order chi connectivity index (χ1) is 35.6. The van der Waals surface area contributed by atoms with E-state index in [0.717, 1.165) is 38.5 Å². The van der Waals surface area contributed by atoms with Crippen LogP contribution in [0, 0.1) is 0 Å². The van der Waals surface area contributed by atoms with E-state index >= 15 is 0 Å². The van der Waals surface area contributed by atoms with Gasteiger partial charge in [0.15, 0.2) is 0 Å². The van der Waals surface area contributed by atoms with Crippen molar-refractivity contribution in [1.29, 1.82) is 0 Å². The molecule has 0 heterocycles. The molecule has 1 nitrogen and oxygen atoms in total. The van der Waals surface area contributed by atoms with Crippen molar-refractivity contribution in [3.8, 4) is 22.3 Å². The first-order valence-electron chi connectivity index (χ1n) is 26.3. The van der Waals surface area contributed by atoms with Crippen LogP contribution in [-0.2, 0) is 29.1 Å². The van der Waals surface area contributed by atoms with Crippen LogP contribution in [0.5, 0.6) is 0 Å². The lowest BCUT2D eigenvalue weighted by Crippen LogP contribution is -2.30. The van der Waals surface area contributed by atoms with Gasteiger partial charge in [-0.25, -0.2) is 0 Å². The minimum Gasteiger partial charge on any atom is -0.310 e. The molecule has 0 radical (unpaired) electrons. The summed E-state index contributed by atoms with van der Waals surface area (Å²) in [5.41, 5.74) is 28.1. The molecular formula is C71H57N. The second kappa shape index (κ2) is 16.5. The average molecular weight is 924 g/mol. The van der Waals surface area contributed by atoms with E-state index in [-0.39, 0.29) is 16.2 Å². The molecule has 0 atom stereocenters. The van der Waals surface area contributed by atoms with Gasteiger partial charge in [0.05, 0.1) is 5.41 Å². The van der Waals surface area contributed by atoms with E-state index in [9.17, 15) is 0 Å². The maximum Gasteiger partial charge on any atom is 0.0676 e. The second-order valence-corrected chi connectivity index (χ2v) is 20.9. The molecule has 0 unspecified atom stereocenters. The van der Waals surface area contributed by atoms with Crippen LogP contribution in [0.25, 0.3) is 40.0 Å². The summed E-state index contributed by atoms with van der Waals surface area (Å²) in [4.78, 5) is 2.51. The lowest BCUT2D eigenvalue weighted by molar-refractivity contribution is 0.490. The summed E-state index contributed by atoms with van der Waals surface area (Å²) in [6.45, 7) is 4.79. The minimum absolute atomic E-state index is 0.0814. The largest absolute Gasteiger partial charge is 0.310 e. The highest BCUT2D eigenvalue weighted by Crippen LogP contribution is 2.60. The summed E-state index contributed by atoms with van der Waals surface area (Å²) in [5, 5.41) is 0. The van der Waals surface area contributed by atoms with Crippen LogP contribution >= 0.6 is 0 Å². The summed E-state index contributed by atoms with van der Waals surface area (Å²) in [6.07, 6.45) is 15.7. The van der Waals surface area contributed by atoms with Gasteiger partial charge >= 0.3 is 0 Å². The van der Waals surface area contributed by atoms with E-state index < -0.39 is 0 Å². The number of allylic oxidation sites excluding steroid dienone is 4. The fourth-order valence-electron chi connectivity index (χ4n) is 14.5.